The van der Waals surface area contributed by atoms with Crippen LogP contribution in [0.1, 0.15) is 12.5 Å². The Balaban J connectivity index is 2.02. The van der Waals surface area contributed by atoms with Crippen LogP contribution < -0.4 is 15.4 Å². The zero-order valence-corrected chi connectivity index (χ0v) is 12.6. The number of nitrogens with zero attached hydrogens (tertiary/aromatic N) is 2. The maximum atomic E-state index is 12.5. The van der Waals surface area contributed by atoms with Crippen LogP contribution in [0.25, 0.3) is 0 Å². The monoisotopic (exact) mass is 315 g/mol. The molecule has 22 heavy (non-hydrogen) atoms. The molecular weight excluding hydrogens is 302 g/mol. The Morgan fingerprint density at radius 3 is 2.55 bits per heavy atom. The number of urea groups is 1. The lowest BCUT2D eigenvalue weighted by Gasteiger charge is -2.11. The third-order valence-corrected chi connectivity index (χ3v) is 4.70. The first-order valence-corrected chi connectivity index (χ1v) is 8.20. The van der Waals surface area contributed by atoms with Crippen molar-refractivity contribution < 1.29 is 13.2 Å². The number of hydrogen-bond donors (Lipinski definition) is 1. The number of sulfonamides is 1. The van der Waals surface area contributed by atoms with Crippen molar-refractivity contribution in [2.75, 3.05) is 4.72 Å². The maximum Gasteiger partial charge on any atom is 0.368 e. The molecule has 0 fully saturated rings. The molecule has 1 aliphatic heterocycles. The van der Waals surface area contributed by atoms with Gasteiger partial charge < -0.3 is 0 Å². The summed E-state index contributed by atoms with van der Waals surface area (Å²) in [5.74, 6) is 0. The van der Waals surface area contributed by atoms with Crippen LogP contribution in [0.4, 0.5) is 10.5 Å². The van der Waals surface area contributed by atoms with E-state index in [4.69, 9.17) is 0 Å². The largest absolute Gasteiger partial charge is 0.368 e. The summed E-state index contributed by atoms with van der Waals surface area (Å²) in [5, 5.41) is 0.662. The zero-order valence-electron chi connectivity index (χ0n) is 11.8. The van der Waals surface area contributed by atoms with Crippen LogP contribution in [0.2, 0.25) is 0 Å². The van der Waals surface area contributed by atoms with E-state index in [0.29, 0.717) is 17.5 Å². The minimum absolute atomic E-state index is 0.0470. The lowest BCUT2D eigenvalue weighted by Crippen LogP contribution is -2.24. The fraction of sp³-hybridized carbons (Fsp3) is 0.133. The Hall–Kier alpha value is -2.54. The first-order valence-electron chi connectivity index (χ1n) is 6.72. The Bertz CT molecular complexity index is 981. The Kier molecular flexibility index (Phi) is 3.50. The molecular formula is C15H13N3O3S. The lowest BCUT2D eigenvalue weighted by atomic mass is 10.1. The molecule has 1 aliphatic rings. The van der Waals surface area contributed by atoms with Crippen LogP contribution >= 0.6 is 0 Å². The minimum atomic E-state index is -3.75. The highest BCUT2D eigenvalue weighted by Gasteiger charge is 2.17. The summed E-state index contributed by atoms with van der Waals surface area (Å²) in [4.78, 5) is 18.5. The first kappa shape index (κ1) is 14.4. The van der Waals surface area contributed by atoms with Crippen molar-refractivity contribution in [2.24, 2.45) is 9.98 Å². The van der Waals surface area contributed by atoms with Crippen molar-refractivity contribution in [3.63, 3.8) is 0 Å². The van der Waals surface area contributed by atoms with Crippen LogP contribution in [0.5, 0.6) is 0 Å². The van der Waals surface area contributed by atoms with Gasteiger partial charge in [0.25, 0.3) is 10.0 Å². The molecule has 2 amide bonds. The molecule has 0 unspecified atom stereocenters. The second-order valence-corrected chi connectivity index (χ2v) is 6.46. The summed E-state index contributed by atoms with van der Waals surface area (Å²) < 4.78 is 27.5. The van der Waals surface area contributed by atoms with Crippen LogP contribution in [0.3, 0.4) is 0 Å². The number of benzene rings is 2. The summed E-state index contributed by atoms with van der Waals surface area (Å²) in [6, 6.07) is 10.8. The summed E-state index contributed by atoms with van der Waals surface area (Å²) in [7, 11) is -3.75. The molecule has 0 aromatic heterocycles. The number of amides is 2. The highest BCUT2D eigenvalue weighted by molar-refractivity contribution is 7.92. The van der Waals surface area contributed by atoms with Crippen LogP contribution in [-0.2, 0) is 16.4 Å². The number of nitrogens with one attached hydrogen (secondary N) is 1. The predicted molar refractivity (Wildman–Crippen MR) is 80.8 cm³/mol. The van der Waals surface area contributed by atoms with Crippen LogP contribution in [0.15, 0.2) is 57.3 Å². The Morgan fingerprint density at radius 2 is 1.77 bits per heavy atom. The van der Waals surface area contributed by atoms with E-state index in [2.05, 4.69) is 14.7 Å². The topological polar surface area (TPSA) is 88.0 Å². The van der Waals surface area contributed by atoms with Gasteiger partial charge in [-0.3, -0.25) is 4.72 Å². The number of hydrogen-bond acceptors (Lipinski definition) is 3. The molecule has 1 heterocycles. The van der Waals surface area contributed by atoms with Crippen molar-refractivity contribution in [1.29, 1.82) is 0 Å². The van der Waals surface area contributed by atoms with E-state index in [1.165, 1.54) is 18.2 Å². The zero-order chi connectivity index (χ0) is 15.7. The molecule has 3 rings (SSSR count). The average molecular weight is 315 g/mol. The van der Waals surface area contributed by atoms with E-state index in [9.17, 15) is 13.2 Å². The number of rotatable bonds is 4. The van der Waals surface area contributed by atoms with Gasteiger partial charge in [-0.2, -0.15) is 9.98 Å². The lowest BCUT2D eigenvalue weighted by molar-refractivity contribution is 0.256. The number of aryl methyl sites for hydroxylation is 1. The Morgan fingerprint density at radius 1 is 1.05 bits per heavy atom. The number of anilines is 1. The van der Waals surface area contributed by atoms with Crippen molar-refractivity contribution in [2.45, 2.75) is 18.2 Å². The van der Waals surface area contributed by atoms with Crippen LogP contribution in [0, 0.1) is 0 Å². The standard InChI is InChI=1S/C15H13N3O3S/c1-2-10-5-3-4-6-12(10)18-22(20,21)11-7-8-13-14(9-11)17-15(19)16-13/h3-9,18H,2H2,1H3. The molecule has 0 bridgehead atoms. The van der Waals surface area contributed by atoms with Crippen molar-refractivity contribution >= 4 is 21.7 Å². The highest BCUT2D eigenvalue weighted by Crippen LogP contribution is 2.19. The third-order valence-electron chi connectivity index (χ3n) is 3.33. The van der Waals surface area contributed by atoms with E-state index < -0.39 is 16.1 Å². The van der Waals surface area contributed by atoms with Gasteiger partial charge in [0.15, 0.2) is 0 Å². The SMILES string of the molecule is CCc1ccccc1NS(=O)(=O)c1ccc2c(c1)=NC(=O)N=2. The average Bonchev–Trinajstić information content (AvgIpc) is 2.86. The molecule has 1 N–H and O–H groups in total. The van der Waals surface area contributed by atoms with Gasteiger partial charge in [0, 0.05) is 0 Å². The van der Waals surface area contributed by atoms with Gasteiger partial charge in [-0.15, -0.1) is 0 Å². The molecule has 0 radical (unpaired) electrons. The predicted octanol–water partition coefficient (Wildman–Crippen LogP) is 1.42. The minimum Gasteiger partial charge on any atom is -0.279 e. The molecule has 6 nitrogen and oxygen atoms in total. The summed E-state index contributed by atoms with van der Waals surface area (Å²) in [6.07, 6.45) is 0.714. The van der Waals surface area contributed by atoms with E-state index in [0.717, 1.165) is 5.56 Å². The molecule has 7 heteroatoms. The molecule has 0 aliphatic carbocycles. The second kappa shape index (κ2) is 5.34. The number of para-hydroxylation sites is 1. The van der Waals surface area contributed by atoms with Gasteiger partial charge in [-0.05, 0) is 36.2 Å². The van der Waals surface area contributed by atoms with E-state index in [1.54, 1.807) is 12.1 Å². The quantitative estimate of drug-likeness (QED) is 0.925. The fourth-order valence-corrected chi connectivity index (χ4v) is 3.34. The summed E-state index contributed by atoms with van der Waals surface area (Å²) >= 11 is 0. The van der Waals surface area contributed by atoms with Crippen molar-refractivity contribution in [3.8, 4) is 0 Å². The van der Waals surface area contributed by atoms with Gasteiger partial charge in [-0.1, -0.05) is 25.1 Å². The maximum absolute atomic E-state index is 12.5. The first-order chi connectivity index (χ1) is 10.5. The summed E-state index contributed by atoms with van der Waals surface area (Å²) in [5.41, 5.74) is 1.45. The van der Waals surface area contributed by atoms with Crippen LogP contribution in [-0.4, -0.2) is 14.4 Å². The van der Waals surface area contributed by atoms with Gasteiger partial charge in [0.05, 0.1) is 21.3 Å². The molecule has 0 atom stereocenters. The third kappa shape index (κ3) is 2.62. The van der Waals surface area contributed by atoms with Crippen molar-refractivity contribution in [1.82, 2.24) is 0 Å². The number of carbonyl (C=O) groups excluding carboxylic acids is 1. The van der Waals surface area contributed by atoms with E-state index >= 15 is 0 Å². The van der Waals surface area contributed by atoms with Crippen molar-refractivity contribution in [3.05, 3.63) is 58.7 Å². The molecule has 0 spiro atoms. The second-order valence-electron chi connectivity index (χ2n) is 4.77. The van der Waals surface area contributed by atoms with Gasteiger partial charge in [0.2, 0.25) is 0 Å². The normalized spacial score (nSPS) is 13.2. The fourth-order valence-electron chi connectivity index (χ4n) is 2.22. The molecule has 112 valence electrons. The molecule has 2 aromatic rings. The van der Waals surface area contributed by atoms with Gasteiger partial charge >= 0.3 is 6.03 Å². The smallest absolute Gasteiger partial charge is 0.279 e. The molecule has 0 saturated heterocycles. The van der Waals surface area contributed by atoms with E-state index in [1.807, 2.05) is 19.1 Å². The highest BCUT2D eigenvalue weighted by atomic mass is 32.2. The summed E-state index contributed by atoms with van der Waals surface area (Å²) in [6.45, 7) is 1.95. The molecule has 0 saturated carbocycles. The van der Waals surface area contributed by atoms with Gasteiger partial charge in [-0.25, -0.2) is 13.2 Å². The molecule has 2 aromatic carbocycles. The van der Waals surface area contributed by atoms with Gasteiger partial charge in [0.1, 0.15) is 0 Å². The number of fused-ring (bicyclic) bond motifs is 1. The van der Waals surface area contributed by atoms with E-state index in [-0.39, 0.29) is 10.3 Å². The Labute approximate surface area is 127 Å². The number of carbonyl (C=O) groups is 1.